The maximum absolute atomic E-state index is 9.88. The summed E-state index contributed by atoms with van der Waals surface area (Å²) in [5.74, 6) is 0. The van der Waals surface area contributed by atoms with Crippen molar-refractivity contribution >= 4 is 79.0 Å². The Morgan fingerprint density at radius 1 is 0.264 bits per heavy atom. The van der Waals surface area contributed by atoms with Crippen LogP contribution in [0.25, 0.3) is 117 Å². The highest BCUT2D eigenvalue weighted by atomic mass is 15.2. The molecule has 0 radical (unpaired) electrons. The van der Waals surface area contributed by atoms with Gasteiger partial charge in [0, 0.05) is 55.9 Å². The van der Waals surface area contributed by atoms with E-state index in [1.807, 2.05) is 6.07 Å². The zero-order chi connectivity index (χ0) is 87.5. The summed E-state index contributed by atoms with van der Waals surface area (Å²) in [7, 11) is 0. The fraction of sp³-hybridized carbons (Fsp3) is 0.179. The van der Waals surface area contributed by atoms with Crippen molar-refractivity contribution in [2.24, 2.45) is 0 Å². The Morgan fingerprint density at radius 3 is 1.18 bits per heavy atom. The largest absolute Gasteiger partial charge is 0.310 e. The zero-order valence-corrected chi connectivity index (χ0v) is 71.9. The maximum Gasteiger partial charge on any atom is 0.252 e. The van der Waals surface area contributed by atoms with Crippen molar-refractivity contribution in [3.63, 3.8) is 0 Å². The molecule has 2 aliphatic heterocycles. The van der Waals surface area contributed by atoms with Crippen LogP contribution in [0.2, 0.25) is 0 Å². The number of para-hydroxylation sites is 3. The van der Waals surface area contributed by atoms with Crippen LogP contribution in [0.5, 0.6) is 0 Å². The van der Waals surface area contributed by atoms with Gasteiger partial charge in [0.2, 0.25) is 0 Å². The summed E-state index contributed by atoms with van der Waals surface area (Å²) in [6, 6.07) is 117. The molecule has 16 aromatic carbocycles. The highest BCUT2D eigenvalue weighted by molar-refractivity contribution is 7.00. The Labute approximate surface area is 722 Å². The molecule has 0 saturated heterocycles. The number of hydrogen-bond donors (Lipinski definition) is 0. The summed E-state index contributed by atoms with van der Waals surface area (Å²) in [6.45, 7) is 34.4. The van der Waals surface area contributed by atoms with Crippen LogP contribution < -0.4 is 26.2 Å². The first-order valence-electron chi connectivity index (χ1n) is 45.6. The van der Waals surface area contributed by atoms with Crippen molar-refractivity contribution in [3.8, 4) is 94.7 Å². The van der Waals surface area contributed by atoms with E-state index in [2.05, 4.69) is 428 Å². The molecule has 0 fully saturated rings. The van der Waals surface area contributed by atoms with E-state index in [0.717, 1.165) is 134 Å². The highest BCUT2D eigenvalue weighted by Crippen LogP contribution is 2.65. The lowest BCUT2D eigenvalue weighted by Crippen LogP contribution is -2.61. The Hall–Kier alpha value is -13.0. The molecule has 0 bridgehead atoms. The van der Waals surface area contributed by atoms with Gasteiger partial charge in [-0.3, -0.25) is 0 Å². The molecule has 3 nitrogen and oxygen atoms in total. The standard InChI is InChI=1S/C117H102BN3/c1-112(2,3)81-61-78(62-82(69-81)113(4,5)6)77-58-60-101-104(66-77)121(110-94(74-39-22-17-23-40-74)71-85(116(13,14)15)72-95(110)75-41-24-18-25-42-75)106-68-80(79-63-83(114(7,8)9)70-84(64-79)115(10,11)12)67-105-108(106)118(101)100-59-57-76(73-37-20-16-21-38-73)65-103(100)120(105)102-56-36-51-92-91-50-34-49-90(109(91)119(111(92)102)86-43-26-19-27-44-86)89-48-35-55-99-107(89)93-47-30-33-54-98(93)117(99)96-52-31-28-45-87(96)88-46-29-32-53-97(88)117/h16-72H,1-15H3/i16D,20D,21D,37D,38D. The lowest BCUT2D eigenvalue weighted by atomic mass is 9.33. The van der Waals surface area contributed by atoms with Crippen molar-refractivity contribution < 1.29 is 6.85 Å². The maximum atomic E-state index is 9.88. The van der Waals surface area contributed by atoms with Crippen molar-refractivity contribution in [2.75, 3.05) is 9.80 Å². The normalized spacial score (nSPS) is 14.3. The van der Waals surface area contributed by atoms with E-state index in [-0.39, 0.29) is 56.8 Å². The molecular formula is C117H102BN3. The predicted octanol–water partition coefficient (Wildman–Crippen LogP) is 29.7. The molecule has 4 heteroatoms. The third kappa shape index (κ3) is 12.0. The Kier molecular flexibility index (Phi) is 15.9. The number of rotatable bonds is 9. The Bertz CT molecular complexity index is 7230. The molecule has 121 heavy (non-hydrogen) atoms. The summed E-state index contributed by atoms with van der Waals surface area (Å²) >= 11 is 0. The number of aromatic nitrogens is 1. The minimum absolute atomic E-state index is 0.134. The molecule has 1 spiro atoms. The fourth-order valence-electron chi connectivity index (χ4n) is 20.4. The highest BCUT2D eigenvalue weighted by Gasteiger charge is 2.53. The van der Waals surface area contributed by atoms with Crippen LogP contribution in [-0.4, -0.2) is 11.3 Å². The van der Waals surface area contributed by atoms with E-state index in [4.69, 9.17) is 1.37 Å². The van der Waals surface area contributed by atoms with E-state index in [1.165, 1.54) is 72.3 Å². The Morgan fingerprint density at radius 2 is 0.653 bits per heavy atom. The van der Waals surface area contributed by atoms with E-state index in [0.29, 0.717) is 5.56 Å². The topological polar surface area (TPSA) is 11.4 Å². The van der Waals surface area contributed by atoms with Gasteiger partial charge in [0.05, 0.1) is 34.7 Å². The monoisotopic (exact) mass is 1560 g/mol. The molecule has 0 amide bonds. The number of nitrogens with zero attached hydrogens (tertiary/aromatic N) is 3. The second kappa shape index (κ2) is 27.5. The summed E-state index contributed by atoms with van der Waals surface area (Å²) < 4.78 is 50.0. The van der Waals surface area contributed by atoms with Gasteiger partial charge in [-0.25, -0.2) is 0 Å². The molecule has 4 aliphatic rings. The van der Waals surface area contributed by atoms with Crippen LogP contribution in [0.1, 0.15) is 161 Å². The van der Waals surface area contributed by atoms with Crippen LogP contribution in [0.3, 0.4) is 0 Å². The average molecular weight is 1570 g/mol. The zero-order valence-electron chi connectivity index (χ0n) is 76.9. The van der Waals surface area contributed by atoms with E-state index < -0.39 is 18.2 Å². The lowest BCUT2D eigenvalue weighted by Gasteiger charge is -2.46. The first-order valence-corrected chi connectivity index (χ1v) is 43.1. The van der Waals surface area contributed by atoms with Crippen molar-refractivity contribution in [2.45, 2.75) is 136 Å². The molecule has 21 rings (SSSR count). The van der Waals surface area contributed by atoms with Crippen LogP contribution >= 0.6 is 0 Å². The molecule has 3 heterocycles. The van der Waals surface area contributed by atoms with Crippen LogP contribution in [0.4, 0.5) is 34.1 Å². The van der Waals surface area contributed by atoms with Crippen LogP contribution in [0.15, 0.2) is 346 Å². The Balaban J connectivity index is 0.939. The molecule has 0 unspecified atom stereocenters. The molecule has 0 saturated carbocycles. The minimum Gasteiger partial charge on any atom is -0.310 e. The summed E-state index contributed by atoms with van der Waals surface area (Å²) in [5, 5.41) is 2.12. The van der Waals surface area contributed by atoms with Gasteiger partial charge in [-0.1, -0.05) is 395 Å². The molecule has 17 aromatic rings. The molecule has 0 atom stereocenters. The lowest BCUT2D eigenvalue weighted by molar-refractivity contribution is 0.568. The molecule has 2 aliphatic carbocycles. The summed E-state index contributed by atoms with van der Waals surface area (Å²) in [5.41, 5.74) is 38.0. The molecule has 1 aromatic heterocycles. The van der Waals surface area contributed by atoms with E-state index >= 15 is 0 Å². The quantitative estimate of drug-likeness (QED) is 0.133. The number of benzene rings is 16. The number of hydrogen-bond acceptors (Lipinski definition) is 2. The van der Waals surface area contributed by atoms with Crippen molar-refractivity contribution in [1.29, 1.82) is 0 Å². The van der Waals surface area contributed by atoms with E-state index in [9.17, 15) is 5.48 Å². The minimum atomic E-state index is -0.583. The van der Waals surface area contributed by atoms with Gasteiger partial charge in [0.1, 0.15) is 0 Å². The van der Waals surface area contributed by atoms with Crippen molar-refractivity contribution in [1.82, 2.24) is 4.57 Å². The second-order valence-electron chi connectivity index (χ2n) is 39.2. The van der Waals surface area contributed by atoms with Gasteiger partial charge in [-0.2, -0.15) is 0 Å². The van der Waals surface area contributed by atoms with Crippen molar-refractivity contribution in [3.05, 3.63) is 396 Å². The average Bonchev–Trinajstić information content (AvgIpc) is 1.51. The molecular weight excluding hydrogens is 1460 g/mol. The van der Waals surface area contributed by atoms with Gasteiger partial charge in [-0.15, -0.1) is 0 Å². The van der Waals surface area contributed by atoms with Gasteiger partial charge < -0.3 is 14.4 Å². The van der Waals surface area contributed by atoms with Crippen LogP contribution in [0, 0.1) is 0 Å². The number of fused-ring (bicyclic) bond motifs is 17. The van der Waals surface area contributed by atoms with Gasteiger partial charge in [0.15, 0.2) is 0 Å². The van der Waals surface area contributed by atoms with Gasteiger partial charge in [-0.05, 0) is 220 Å². The SMILES string of the molecule is [2H]c1c([2H])c([2H])c(-c2ccc3c(c2)N(c2cccc4c5cccc(-c6cccc7c6-c6ccccc6C76c7ccccc7-c7ccccc76)c5n(-c5ccccc5)c24)c2cc(-c4cc(C(C)(C)C)cc(C(C)(C)C)c4)cc4c2B3c2ccc(-c3cc(C(C)(C)C)cc(C(C)(C)C)c3)cc2N4c2c(-c3ccccc3)cc(C(C)(C)C)cc2-c2ccccc2)c([2H])c1[2H]. The molecule has 588 valence electrons. The van der Waals surface area contributed by atoms with Gasteiger partial charge in [0.25, 0.3) is 6.71 Å². The third-order valence-corrected chi connectivity index (χ3v) is 26.6. The van der Waals surface area contributed by atoms with Crippen LogP contribution in [-0.2, 0) is 32.5 Å². The summed E-state index contributed by atoms with van der Waals surface area (Å²) in [6.07, 6.45) is 0. The summed E-state index contributed by atoms with van der Waals surface area (Å²) in [4.78, 5) is 5.19. The smallest absolute Gasteiger partial charge is 0.252 e. The van der Waals surface area contributed by atoms with Gasteiger partial charge >= 0.3 is 0 Å². The van der Waals surface area contributed by atoms with E-state index in [1.54, 1.807) is 0 Å². The fourth-order valence-corrected chi connectivity index (χ4v) is 20.4. The second-order valence-corrected chi connectivity index (χ2v) is 39.2. The third-order valence-electron chi connectivity index (χ3n) is 26.6. The predicted molar refractivity (Wildman–Crippen MR) is 517 cm³/mol. The number of anilines is 6. The molecule has 0 N–H and O–H groups in total. The first kappa shape index (κ1) is 69.9. The first-order chi connectivity index (χ1) is 60.3.